The quantitative estimate of drug-likeness (QED) is 0.479. The molecule has 6 atom stereocenters. The van der Waals surface area contributed by atoms with Gasteiger partial charge in [-0.2, -0.15) is 12.6 Å². The van der Waals surface area contributed by atoms with Crippen molar-refractivity contribution < 1.29 is 0 Å². The lowest BCUT2D eigenvalue weighted by Gasteiger charge is -2.59. The highest BCUT2D eigenvalue weighted by atomic mass is 32.1. The molecule has 0 radical (unpaired) electrons. The summed E-state index contributed by atoms with van der Waals surface area (Å²) in [7, 11) is 0. The van der Waals surface area contributed by atoms with Crippen molar-refractivity contribution in [3.05, 3.63) is 12.2 Å². The molecule has 0 N–H and O–H groups in total. The number of thiol groups is 1. The molecular formula is C19H30S. The number of hydrogen-bond acceptors (Lipinski definition) is 1. The number of rotatable bonds is 1. The molecule has 0 heterocycles. The normalized spacial score (nSPS) is 54.1. The molecule has 20 heavy (non-hydrogen) atoms. The van der Waals surface area contributed by atoms with Gasteiger partial charge in [0, 0.05) is 5.41 Å². The topological polar surface area (TPSA) is 0 Å². The molecule has 0 saturated heterocycles. The molecule has 3 saturated carbocycles. The van der Waals surface area contributed by atoms with Gasteiger partial charge in [0.25, 0.3) is 0 Å². The van der Waals surface area contributed by atoms with E-state index in [-0.39, 0.29) is 0 Å². The molecule has 0 aliphatic heterocycles. The summed E-state index contributed by atoms with van der Waals surface area (Å²) in [6, 6.07) is 0. The SMILES string of the molecule is C[C@@]12CCC[C@H]1[C@@H]1CCC3CCC=C[C@]3(CS)[C@H]1CC2. The van der Waals surface area contributed by atoms with Crippen molar-refractivity contribution in [1.82, 2.24) is 0 Å². The molecule has 112 valence electrons. The largest absolute Gasteiger partial charge is 0.178 e. The smallest absolute Gasteiger partial charge is 0.00291 e. The molecule has 4 aliphatic carbocycles. The third kappa shape index (κ3) is 1.74. The van der Waals surface area contributed by atoms with Crippen LogP contribution in [0.3, 0.4) is 0 Å². The van der Waals surface area contributed by atoms with E-state index in [1.807, 2.05) is 0 Å². The van der Waals surface area contributed by atoms with Crippen LogP contribution in [-0.4, -0.2) is 5.75 Å². The zero-order valence-corrected chi connectivity index (χ0v) is 13.9. The second-order valence-corrected chi connectivity index (χ2v) is 8.80. The van der Waals surface area contributed by atoms with Gasteiger partial charge in [-0.3, -0.25) is 0 Å². The molecule has 0 spiro atoms. The van der Waals surface area contributed by atoms with Crippen molar-refractivity contribution in [2.45, 2.75) is 64.7 Å². The molecule has 1 unspecified atom stereocenters. The summed E-state index contributed by atoms with van der Waals surface area (Å²) in [5, 5.41) is 0. The minimum absolute atomic E-state index is 0.466. The maximum atomic E-state index is 4.86. The first kappa shape index (κ1) is 13.7. The van der Waals surface area contributed by atoms with E-state index in [4.69, 9.17) is 12.6 Å². The highest BCUT2D eigenvalue weighted by molar-refractivity contribution is 7.80. The third-order valence-electron chi connectivity index (χ3n) is 7.90. The Hall–Kier alpha value is 0.0900. The van der Waals surface area contributed by atoms with E-state index in [0.29, 0.717) is 10.8 Å². The van der Waals surface area contributed by atoms with E-state index in [1.165, 1.54) is 57.8 Å². The lowest BCUT2D eigenvalue weighted by atomic mass is 9.46. The van der Waals surface area contributed by atoms with Gasteiger partial charge in [0.05, 0.1) is 0 Å². The Morgan fingerprint density at radius 1 is 1.05 bits per heavy atom. The number of hydrogen-bond donors (Lipinski definition) is 1. The van der Waals surface area contributed by atoms with Crippen molar-refractivity contribution in [3.8, 4) is 0 Å². The van der Waals surface area contributed by atoms with Gasteiger partial charge in [0.2, 0.25) is 0 Å². The lowest BCUT2D eigenvalue weighted by Crippen LogP contribution is -2.52. The van der Waals surface area contributed by atoms with Gasteiger partial charge < -0.3 is 0 Å². The second kappa shape index (κ2) is 4.80. The van der Waals surface area contributed by atoms with Gasteiger partial charge >= 0.3 is 0 Å². The van der Waals surface area contributed by atoms with Crippen molar-refractivity contribution in [2.24, 2.45) is 34.5 Å². The van der Waals surface area contributed by atoms with Crippen LogP contribution in [0.4, 0.5) is 0 Å². The molecule has 0 aromatic rings. The molecule has 4 rings (SSSR count). The lowest BCUT2D eigenvalue weighted by molar-refractivity contribution is -0.0655. The van der Waals surface area contributed by atoms with Crippen molar-refractivity contribution >= 4 is 12.6 Å². The molecule has 4 aliphatic rings. The molecule has 0 bridgehead atoms. The standard InChI is InChI=1S/C19H30S/c1-18-10-4-6-16(18)15-8-7-14-5-2-3-11-19(14,13-20)17(15)9-12-18/h3,11,14-17,20H,2,4-10,12-13H2,1H3/t14?,15-,16-,17-,18-,19+/m0/s1. The van der Waals surface area contributed by atoms with Crippen LogP contribution in [-0.2, 0) is 0 Å². The molecule has 0 nitrogen and oxygen atoms in total. The first-order valence-corrected chi connectivity index (χ1v) is 9.61. The molecule has 1 heteroatoms. The maximum absolute atomic E-state index is 4.86. The molecule has 3 fully saturated rings. The van der Waals surface area contributed by atoms with Gasteiger partial charge in [-0.25, -0.2) is 0 Å². The number of fused-ring (bicyclic) bond motifs is 5. The van der Waals surface area contributed by atoms with Gasteiger partial charge in [0.1, 0.15) is 0 Å². The van der Waals surface area contributed by atoms with Crippen molar-refractivity contribution in [3.63, 3.8) is 0 Å². The summed E-state index contributed by atoms with van der Waals surface area (Å²) in [6.07, 6.45) is 18.4. The first-order chi connectivity index (χ1) is 9.70. The third-order valence-corrected chi connectivity index (χ3v) is 8.45. The molecule has 0 amide bonds. The summed E-state index contributed by atoms with van der Waals surface area (Å²) < 4.78 is 0. The van der Waals surface area contributed by atoms with E-state index in [1.54, 1.807) is 0 Å². The summed E-state index contributed by atoms with van der Waals surface area (Å²) in [6.45, 7) is 2.61. The predicted molar refractivity (Wildman–Crippen MR) is 89.0 cm³/mol. The van der Waals surface area contributed by atoms with Crippen LogP contribution < -0.4 is 0 Å². The van der Waals surface area contributed by atoms with Crippen LogP contribution in [0.1, 0.15) is 64.7 Å². The second-order valence-electron chi connectivity index (χ2n) is 8.49. The Bertz CT molecular complexity index is 414. The fourth-order valence-electron chi connectivity index (χ4n) is 6.89. The Morgan fingerprint density at radius 3 is 2.80 bits per heavy atom. The minimum Gasteiger partial charge on any atom is -0.178 e. The fraction of sp³-hybridized carbons (Fsp3) is 0.895. The van der Waals surface area contributed by atoms with Crippen LogP contribution in [0.5, 0.6) is 0 Å². The van der Waals surface area contributed by atoms with Crippen molar-refractivity contribution in [2.75, 3.05) is 5.75 Å². The molecule has 0 aromatic heterocycles. The summed E-state index contributed by atoms with van der Waals surface area (Å²) in [5.74, 6) is 5.04. The average molecular weight is 291 g/mol. The zero-order chi connectivity index (χ0) is 13.8. The van der Waals surface area contributed by atoms with Crippen LogP contribution in [0.25, 0.3) is 0 Å². The van der Waals surface area contributed by atoms with Crippen LogP contribution >= 0.6 is 12.6 Å². The Balaban J connectivity index is 1.70. The number of allylic oxidation sites excluding steroid dienone is 2. The Labute approximate surface area is 130 Å². The van der Waals surface area contributed by atoms with E-state index < -0.39 is 0 Å². The van der Waals surface area contributed by atoms with Gasteiger partial charge in [0.15, 0.2) is 0 Å². The Morgan fingerprint density at radius 2 is 1.95 bits per heavy atom. The predicted octanol–water partition coefficient (Wildman–Crippen LogP) is 5.50. The highest BCUT2D eigenvalue weighted by Crippen LogP contribution is 2.65. The minimum atomic E-state index is 0.466. The summed E-state index contributed by atoms with van der Waals surface area (Å²) in [4.78, 5) is 0. The summed E-state index contributed by atoms with van der Waals surface area (Å²) in [5.41, 5.74) is 1.17. The van der Waals surface area contributed by atoms with E-state index in [2.05, 4.69) is 19.1 Å². The van der Waals surface area contributed by atoms with Gasteiger partial charge in [-0.15, -0.1) is 0 Å². The monoisotopic (exact) mass is 290 g/mol. The van der Waals surface area contributed by atoms with Gasteiger partial charge in [-0.05, 0) is 86.2 Å². The fourth-order valence-corrected chi connectivity index (χ4v) is 7.49. The van der Waals surface area contributed by atoms with E-state index in [0.717, 1.165) is 29.4 Å². The Kier molecular flexibility index (Phi) is 3.29. The maximum Gasteiger partial charge on any atom is 0.00291 e. The van der Waals surface area contributed by atoms with Crippen LogP contribution in [0.15, 0.2) is 12.2 Å². The highest BCUT2D eigenvalue weighted by Gasteiger charge is 2.57. The molecule has 0 aromatic carbocycles. The van der Waals surface area contributed by atoms with Gasteiger partial charge in [-0.1, -0.05) is 25.5 Å². The zero-order valence-electron chi connectivity index (χ0n) is 13.0. The van der Waals surface area contributed by atoms with Crippen LogP contribution in [0.2, 0.25) is 0 Å². The average Bonchev–Trinajstić information content (AvgIpc) is 2.88. The van der Waals surface area contributed by atoms with Crippen molar-refractivity contribution in [1.29, 1.82) is 0 Å². The van der Waals surface area contributed by atoms with Crippen LogP contribution in [0, 0.1) is 34.5 Å². The van der Waals surface area contributed by atoms with E-state index in [9.17, 15) is 0 Å². The summed E-state index contributed by atoms with van der Waals surface area (Å²) >= 11 is 4.86. The molecular weight excluding hydrogens is 260 g/mol. The first-order valence-electron chi connectivity index (χ1n) is 8.98. The van der Waals surface area contributed by atoms with E-state index >= 15 is 0 Å².